The highest BCUT2D eigenvalue weighted by atomic mass is 16.6. The number of nitrogens with one attached hydrogen (secondary N) is 1. The van der Waals surface area contributed by atoms with E-state index in [0.717, 1.165) is 0 Å². The molecule has 1 rings (SSSR count). The number of carboxylic acids is 1. The number of carbonyl (C=O) groups excluding carboxylic acids is 1. The van der Waals surface area contributed by atoms with Crippen LogP contribution in [-0.2, 0) is 11.3 Å². The van der Waals surface area contributed by atoms with Crippen LogP contribution in [0.2, 0.25) is 0 Å². The van der Waals surface area contributed by atoms with Crippen LogP contribution >= 0.6 is 0 Å². The predicted octanol–water partition coefficient (Wildman–Crippen LogP) is 1.80. The minimum Gasteiger partial charge on any atom is -0.477 e. The molecule has 98 valence electrons. The number of rotatable bonds is 3. The highest BCUT2D eigenvalue weighted by Crippen LogP contribution is 2.08. The zero-order valence-corrected chi connectivity index (χ0v) is 10.6. The van der Waals surface area contributed by atoms with Crippen LogP contribution in [0.1, 0.15) is 36.8 Å². The molecule has 1 aromatic heterocycles. The number of alkyl carbamates (subject to hydrolysis) is 1. The molecule has 0 atom stereocenters. The highest BCUT2D eigenvalue weighted by molar-refractivity contribution is 5.87. The molecule has 6 heteroatoms. The van der Waals surface area contributed by atoms with E-state index in [1.807, 2.05) is 0 Å². The van der Waals surface area contributed by atoms with E-state index in [1.54, 1.807) is 32.9 Å². The minimum atomic E-state index is -1.13. The van der Waals surface area contributed by atoms with Crippen LogP contribution in [0.4, 0.5) is 4.79 Å². The van der Waals surface area contributed by atoms with Gasteiger partial charge in [0.05, 0.1) is 0 Å². The van der Waals surface area contributed by atoms with Gasteiger partial charge in [0.15, 0.2) is 5.69 Å². The van der Waals surface area contributed by atoms with Crippen molar-refractivity contribution in [3.05, 3.63) is 29.6 Å². The van der Waals surface area contributed by atoms with Gasteiger partial charge in [0.1, 0.15) is 5.60 Å². The van der Waals surface area contributed by atoms with Crippen LogP contribution in [0.5, 0.6) is 0 Å². The van der Waals surface area contributed by atoms with Gasteiger partial charge in [-0.05, 0) is 26.8 Å². The molecule has 2 N–H and O–H groups in total. The summed E-state index contributed by atoms with van der Waals surface area (Å²) in [4.78, 5) is 26.0. The Morgan fingerprint density at radius 3 is 2.67 bits per heavy atom. The van der Waals surface area contributed by atoms with Crippen LogP contribution in [0.3, 0.4) is 0 Å². The van der Waals surface area contributed by atoms with Crippen LogP contribution in [0, 0.1) is 0 Å². The van der Waals surface area contributed by atoms with Gasteiger partial charge >= 0.3 is 12.1 Å². The quantitative estimate of drug-likeness (QED) is 0.856. The van der Waals surface area contributed by atoms with E-state index in [-0.39, 0.29) is 12.2 Å². The first kappa shape index (κ1) is 14.0. The van der Waals surface area contributed by atoms with Gasteiger partial charge in [-0.2, -0.15) is 0 Å². The smallest absolute Gasteiger partial charge is 0.407 e. The van der Waals surface area contributed by atoms with Gasteiger partial charge in [-0.15, -0.1) is 0 Å². The Bertz CT molecular complexity index is 452. The summed E-state index contributed by atoms with van der Waals surface area (Å²) in [6.45, 7) is 5.31. The maximum absolute atomic E-state index is 11.4. The van der Waals surface area contributed by atoms with Crippen LogP contribution in [0.15, 0.2) is 18.3 Å². The molecule has 0 saturated heterocycles. The fraction of sp³-hybridized carbons (Fsp3) is 0.417. The highest BCUT2D eigenvalue weighted by Gasteiger charge is 2.17. The summed E-state index contributed by atoms with van der Waals surface area (Å²) in [5.41, 5.74) is -0.237. The molecule has 0 aliphatic carbocycles. The average molecular weight is 252 g/mol. The summed E-state index contributed by atoms with van der Waals surface area (Å²) >= 11 is 0. The first-order valence-corrected chi connectivity index (χ1v) is 5.43. The second kappa shape index (κ2) is 5.48. The number of carbonyl (C=O) groups is 2. The van der Waals surface area contributed by atoms with E-state index < -0.39 is 17.7 Å². The molecule has 0 spiro atoms. The van der Waals surface area contributed by atoms with Crippen LogP contribution in [-0.4, -0.2) is 27.8 Å². The molecule has 0 aliphatic heterocycles. The fourth-order valence-corrected chi connectivity index (χ4v) is 1.26. The lowest BCUT2D eigenvalue weighted by Gasteiger charge is -2.19. The number of hydrogen-bond donors (Lipinski definition) is 2. The molecule has 0 aromatic carbocycles. The van der Waals surface area contributed by atoms with Gasteiger partial charge in [-0.25, -0.2) is 14.6 Å². The monoisotopic (exact) mass is 252 g/mol. The summed E-state index contributed by atoms with van der Waals surface area (Å²) in [5.74, 6) is -1.13. The summed E-state index contributed by atoms with van der Waals surface area (Å²) in [5, 5.41) is 11.4. The first-order chi connectivity index (χ1) is 8.29. The fourth-order valence-electron chi connectivity index (χ4n) is 1.26. The van der Waals surface area contributed by atoms with Gasteiger partial charge in [-0.1, -0.05) is 6.07 Å². The Morgan fingerprint density at radius 2 is 2.11 bits per heavy atom. The second-order valence-corrected chi connectivity index (χ2v) is 4.67. The molecule has 0 bridgehead atoms. The number of aromatic nitrogens is 1. The Kier molecular flexibility index (Phi) is 4.25. The summed E-state index contributed by atoms with van der Waals surface area (Å²) in [6.07, 6.45) is 0.795. The molecule has 0 radical (unpaired) electrons. The van der Waals surface area contributed by atoms with Crippen LogP contribution in [0.25, 0.3) is 0 Å². The number of aromatic carboxylic acids is 1. The van der Waals surface area contributed by atoms with Gasteiger partial charge in [-0.3, -0.25) is 0 Å². The Hall–Kier alpha value is -2.11. The van der Waals surface area contributed by atoms with E-state index in [2.05, 4.69) is 10.3 Å². The Balaban J connectivity index is 2.64. The molecule has 18 heavy (non-hydrogen) atoms. The van der Waals surface area contributed by atoms with E-state index in [1.165, 1.54) is 6.20 Å². The predicted molar refractivity (Wildman–Crippen MR) is 64.3 cm³/mol. The number of ether oxygens (including phenoxy) is 1. The normalized spacial score (nSPS) is 10.8. The molecular formula is C12H16N2O4. The lowest BCUT2D eigenvalue weighted by molar-refractivity contribution is 0.0520. The third-order valence-electron chi connectivity index (χ3n) is 1.92. The number of hydrogen-bond acceptors (Lipinski definition) is 4. The third-order valence-corrected chi connectivity index (χ3v) is 1.92. The lowest BCUT2D eigenvalue weighted by atomic mass is 10.2. The van der Waals surface area contributed by atoms with E-state index in [4.69, 9.17) is 9.84 Å². The maximum atomic E-state index is 11.4. The third kappa shape index (κ3) is 4.40. The molecule has 1 amide bonds. The van der Waals surface area contributed by atoms with Crippen molar-refractivity contribution in [3.8, 4) is 0 Å². The van der Waals surface area contributed by atoms with Crippen molar-refractivity contribution in [2.75, 3.05) is 0 Å². The van der Waals surface area contributed by atoms with Gasteiger partial charge in [0.25, 0.3) is 0 Å². The van der Waals surface area contributed by atoms with Gasteiger partial charge < -0.3 is 15.2 Å². The van der Waals surface area contributed by atoms with Crippen molar-refractivity contribution in [2.24, 2.45) is 0 Å². The van der Waals surface area contributed by atoms with Crippen molar-refractivity contribution in [1.82, 2.24) is 10.3 Å². The summed E-state index contributed by atoms with van der Waals surface area (Å²) in [7, 11) is 0. The number of nitrogens with zero attached hydrogens (tertiary/aromatic N) is 1. The summed E-state index contributed by atoms with van der Waals surface area (Å²) < 4.78 is 5.04. The van der Waals surface area contributed by atoms with Crippen molar-refractivity contribution in [1.29, 1.82) is 0 Å². The van der Waals surface area contributed by atoms with Crippen molar-refractivity contribution in [2.45, 2.75) is 32.9 Å². The molecule has 0 saturated carbocycles. The van der Waals surface area contributed by atoms with Crippen molar-refractivity contribution in [3.63, 3.8) is 0 Å². The number of carboxylic acid groups (broad SMARTS) is 1. The van der Waals surface area contributed by atoms with Crippen molar-refractivity contribution >= 4 is 12.1 Å². The van der Waals surface area contributed by atoms with Crippen molar-refractivity contribution < 1.29 is 19.4 Å². The SMILES string of the molecule is CC(C)(C)OC(=O)NCc1cccnc1C(=O)O. The zero-order chi connectivity index (χ0) is 13.8. The lowest BCUT2D eigenvalue weighted by Crippen LogP contribution is -2.32. The largest absolute Gasteiger partial charge is 0.477 e. The van der Waals surface area contributed by atoms with Gasteiger partial charge in [0, 0.05) is 18.3 Å². The standard InChI is InChI=1S/C12H16N2O4/c1-12(2,3)18-11(17)14-7-8-5-4-6-13-9(8)10(15)16/h4-6H,7H2,1-3H3,(H,14,17)(H,15,16). The maximum Gasteiger partial charge on any atom is 0.407 e. The van der Waals surface area contributed by atoms with E-state index >= 15 is 0 Å². The molecule has 1 heterocycles. The molecule has 0 fully saturated rings. The summed E-state index contributed by atoms with van der Waals surface area (Å²) in [6, 6.07) is 3.20. The second-order valence-electron chi connectivity index (χ2n) is 4.67. The minimum absolute atomic E-state index is 0.0599. The Morgan fingerprint density at radius 1 is 1.44 bits per heavy atom. The Labute approximate surface area is 105 Å². The molecule has 0 unspecified atom stereocenters. The average Bonchev–Trinajstić information content (AvgIpc) is 2.24. The van der Waals surface area contributed by atoms with Crippen LogP contribution < -0.4 is 5.32 Å². The first-order valence-electron chi connectivity index (χ1n) is 5.43. The number of amides is 1. The zero-order valence-electron chi connectivity index (χ0n) is 10.6. The molecular weight excluding hydrogens is 236 g/mol. The van der Waals surface area contributed by atoms with E-state index in [0.29, 0.717) is 5.56 Å². The molecule has 0 aliphatic rings. The topological polar surface area (TPSA) is 88.5 Å². The van der Waals surface area contributed by atoms with E-state index in [9.17, 15) is 9.59 Å². The van der Waals surface area contributed by atoms with Gasteiger partial charge in [0.2, 0.25) is 0 Å². The number of pyridine rings is 1. The molecule has 6 nitrogen and oxygen atoms in total. The molecule has 1 aromatic rings.